The molecule has 0 saturated heterocycles. The fourth-order valence-electron chi connectivity index (χ4n) is 1.55. The maximum Gasteiger partial charge on any atom is 0.258 e. The zero-order valence-electron chi connectivity index (χ0n) is 10.5. The third kappa shape index (κ3) is 3.36. The molecule has 0 atom stereocenters. The summed E-state index contributed by atoms with van der Waals surface area (Å²) in [6.45, 7) is 4.10. The number of benzene rings is 1. The molecule has 100 valence electrons. The van der Waals surface area contributed by atoms with Gasteiger partial charge in [-0.25, -0.2) is 0 Å². The van der Waals surface area contributed by atoms with Crippen LogP contribution in [0.2, 0.25) is 5.02 Å². The molecule has 1 heterocycles. The van der Waals surface area contributed by atoms with Crippen LogP contribution in [-0.4, -0.2) is 16.1 Å². The molecule has 0 aliphatic carbocycles. The predicted octanol–water partition coefficient (Wildman–Crippen LogP) is 4.20. The van der Waals surface area contributed by atoms with Gasteiger partial charge in [-0.3, -0.25) is 9.89 Å². The van der Waals surface area contributed by atoms with E-state index >= 15 is 0 Å². The van der Waals surface area contributed by atoms with Crippen molar-refractivity contribution in [1.29, 1.82) is 0 Å². The maximum absolute atomic E-state index is 12.1. The summed E-state index contributed by atoms with van der Waals surface area (Å²) in [5.74, 6) is 0.612. The van der Waals surface area contributed by atoms with Crippen LogP contribution in [0.1, 0.15) is 35.8 Å². The zero-order chi connectivity index (χ0) is 14.0. The molecule has 0 fully saturated rings. The molecule has 0 spiro atoms. The highest BCUT2D eigenvalue weighted by Gasteiger charge is 2.12. The Balaban J connectivity index is 2.16. The Labute approximate surface area is 124 Å². The van der Waals surface area contributed by atoms with Gasteiger partial charge in [0, 0.05) is 21.3 Å². The standard InChI is InChI=1S/C13H13BrClN3O/c1-7(2)11-6-12(18-17-11)16-13(19)9-4-3-8(15)5-10(9)14/h3-7H,1-2H3,(H2,16,17,18,19). The van der Waals surface area contributed by atoms with Gasteiger partial charge < -0.3 is 5.32 Å². The summed E-state index contributed by atoms with van der Waals surface area (Å²) in [5, 5.41) is 10.3. The average Bonchev–Trinajstić information content (AvgIpc) is 2.77. The lowest BCUT2D eigenvalue weighted by Crippen LogP contribution is -2.12. The van der Waals surface area contributed by atoms with Crippen LogP contribution in [0.3, 0.4) is 0 Å². The van der Waals surface area contributed by atoms with E-state index < -0.39 is 0 Å². The molecule has 2 aromatic rings. The van der Waals surface area contributed by atoms with E-state index in [0.717, 1.165) is 5.69 Å². The summed E-state index contributed by atoms with van der Waals surface area (Å²) < 4.78 is 0.650. The lowest BCUT2D eigenvalue weighted by atomic mass is 10.1. The Kier molecular flexibility index (Phi) is 4.27. The number of amides is 1. The van der Waals surface area contributed by atoms with Crippen LogP contribution >= 0.6 is 27.5 Å². The van der Waals surface area contributed by atoms with Crippen LogP contribution in [-0.2, 0) is 0 Å². The number of H-pyrrole nitrogens is 1. The normalized spacial score (nSPS) is 10.8. The van der Waals surface area contributed by atoms with Gasteiger partial charge in [-0.05, 0) is 40.0 Å². The highest BCUT2D eigenvalue weighted by atomic mass is 79.9. The summed E-state index contributed by atoms with van der Waals surface area (Å²) >= 11 is 9.16. The van der Waals surface area contributed by atoms with Crippen LogP contribution < -0.4 is 5.32 Å². The first-order valence-electron chi connectivity index (χ1n) is 5.79. The number of carbonyl (C=O) groups is 1. The molecule has 0 aliphatic heterocycles. The quantitative estimate of drug-likeness (QED) is 0.878. The number of aromatic amines is 1. The molecule has 0 unspecified atom stereocenters. The summed E-state index contributed by atoms with van der Waals surface area (Å²) in [6, 6.07) is 6.84. The second kappa shape index (κ2) is 5.75. The smallest absolute Gasteiger partial charge is 0.258 e. The number of hydrogen-bond acceptors (Lipinski definition) is 2. The summed E-state index contributed by atoms with van der Waals surface area (Å²) in [5.41, 5.74) is 1.49. The van der Waals surface area contributed by atoms with Gasteiger partial charge in [-0.1, -0.05) is 25.4 Å². The van der Waals surface area contributed by atoms with Gasteiger partial charge >= 0.3 is 0 Å². The Bertz CT molecular complexity index is 610. The van der Waals surface area contributed by atoms with Crippen molar-refractivity contribution in [2.45, 2.75) is 19.8 Å². The van der Waals surface area contributed by atoms with Crippen molar-refractivity contribution < 1.29 is 4.79 Å². The molecule has 1 aromatic carbocycles. The van der Waals surface area contributed by atoms with Crippen LogP contribution in [0.15, 0.2) is 28.7 Å². The largest absolute Gasteiger partial charge is 0.305 e. The zero-order valence-corrected chi connectivity index (χ0v) is 12.8. The molecule has 1 aromatic heterocycles. The van der Waals surface area contributed by atoms with E-state index in [2.05, 4.69) is 45.3 Å². The van der Waals surface area contributed by atoms with Crippen LogP contribution in [0, 0.1) is 0 Å². The number of rotatable bonds is 3. The molecule has 6 heteroatoms. The third-order valence-electron chi connectivity index (χ3n) is 2.64. The fraction of sp³-hybridized carbons (Fsp3) is 0.231. The molecule has 4 nitrogen and oxygen atoms in total. The third-order valence-corrected chi connectivity index (χ3v) is 3.53. The SMILES string of the molecule is CC(C)c1cc(NC(=O)c2ccc(Cl)cc2Br)n[nH]1. The number of carbonyl (C=O) groups excluding carboxylic acids is 1. The van der Waals surface area contributed by atoms with E-state index in [1.807, 2.05) is 6.07 Å². The number of aromatic nitrogens is 2. The summed E-state index contributed by atoms with van der Waals surface area (Å²) in [6.07, 6.45) is 0. The molecular formula is C13H13BrClN3O. The summed E-state index contributed by atoms with van der Waals surface area (Å²) in [7, 11) is 0. The molecule has 0 saturated carbocycles. The van der Waals surface area contributed by atoms with Gasteiger partial charge in [0.25, 0.3) is 5.91 Å². The number of halogens is 2. The van der Waals surface area contributed by atoms with E-state index in [9.17, 15) is 4.79 Å². The minimum Gasteiger partial charge on any atom is -0.305 e. The van der Waals surface area contributed by atoms with E-state index in [-0.39, 0.29) is 5.91 Å². The highest BCUT2D eigenvalue weighted by Crippen LogP contribution is 2.23. The van der Waals surface area contributed by atoms with Gasteiger partial charge in [0.15, 0.2) is 5.82 Å². The minimum atomic E-state index is -0.231. The van der Waals surface area contributed by atoms with Crippen molar-refractivity contribution in [3.63, 3.8) is 0 Å². The Hall–Kier alpha value is -1.33. The van der Waals surface area contributed by atoms with Crippen LogP contribution in [0.25, 0.3) is 0 Å². The number of nitrogens with one attached hydrogen (secondary N) is 2. The van der Waals surface area contributed by atoms with Crippen molar-refractivity contribution in [2.24, 2.45) is 0 Å². The number of hydrogen-bond donors (Lipinski definition) is 2. The summed E-state index contributed by atoms with van der Waals surface area (Å²) in [4.78, 5) is 12.1. The molecule has 0 aliphatic rings. The molecule has 0 radical (unpaired) electrons. The topological polar surface area (TPSA) is 57.8 Å². The Morgan fingerprint density at radius 3 is 2.74 bits per heavy atom. The van der Waals surface area contributed by atoms with E-state index in [1.165, 1.54) is 0 Å². The molecule has 2 rings (SSSR count). The van der Waals surface area contributed by atoms with Crippen LogP contribution in [0.4, 0.5) is 5.82 Å². The minimum absolute atomic E-state index is 0.231. The van der Waals surface area contributed by atoms with Crippen molar-refractivity contribution in [3.05, 3.63) is 45.0 Å². The van der Waals surface area contributed by atoms with E-state index in [1.54, 1.807) is 18.2 Å². The fourth-order valence-corrected chi connectivity index (χ4v) is 2.42. The van der Waals surface area contributed by atoms with Gasteiger partial charge in [0.05, 0.1) is 5.56 Å². The van der Waals surface area contributed by atoms with Crippen molar-refractivity contribution in [3.8, 4) is 0 Å². The monoisotopic (exact) mass is 341 g/mol. The Morgan fingerprint density at radius 2 is 2.16 bits per heavy atom. The second-order valence-electron chi connectivity index (χ2n) is 4.44. The lowest BCUT2D eigenvalue weighted by Gasteiger charge is -2.04. The Morgan fingerprint density at radius 1 is 1.42 bits per heavy atom. The first-order valence-corrected chi connectivity index (χ1v) is 6.96. The van der Waals surface area contributed by atoms with E-state index in [4.69, 9.17) is 11.6 Å². The van der Waals surface area contributed by atoms with Crippen molar-refractivity contribution in [2.75, 3.05) is 5.32 Å². The van der Waals surface area contributed by atoms with Crippen molar-refractivity contribution in [1.82, 2.24) is 10.2 Å². The molecule has 0 bridgehead atoms. The molecule has 1 amide bonds. The maximum atomic E-state index is 12.1. The number of anilines is 1. The highest BCUT2D eigenvalue weighted by molar-refractivity contribution is 9.10. The first-order chi connectivity index (χ1) is 8.97. The molecular weight excluding hydrogens is 330 g/mol. The van der Waals surface area contributed by atoms with Gasteiger partial charge in [-0.15, -0.1) is 0 Å². The van der Waals surface area contributed by atoms with Gasteiger partial charge in [0.2, 0.25) is 0 Å². The van der Waals surface area contributed by atoms with Gasteiger partial charge in [0.1, 0.15) is 0 Å². The van der Waals surface area contributed by atoms with Crippen molar-refractivity contribution >= 4 is 39.3 Å². The second-order valence-corrected chi connectivity index (χ2v) is 5.73. The first kappa shape index (κ1) is 14.1. The predicted molar refractivity (Wildman–Crippen MR) is 79.8 cm³/mol. The number of nitrogens with zero attached hydrogens (tertiary/aromatic N) is 1. The average molecular weight is 343 g/mol. The molecule has 2 N–H and O–H groups in total. The van der Waals surface area contributed by atoms with Gasteiger partial charge in [-0.2, -0.15) is 5.10 Å². The van der Waals surface area contributed by atoms with Crippen LogP contribution in [0.5, 0.6) is 0 Å². The lowest BCUT2D eigenvalue weighted by molar-refractivity contribution is 0.102. The molecule has 19 heavy (non-hydrogen) atoms. The van der Waals surface area contributed by atoms with E-state index in [0.29, 0.717) is 26.8 Å².